The predicted molar refractivity (Wildman–Crippen MR) is 94.9 cm³/mol. The standard InChI is InChI=1S/C19H15NO3S/c1-13-4-2-5-16(12-13)23-19(22)14-7-9-15(10-8-14)20-18(21)17-6-3-11-24-17/h2-12H,1H3,(H,20,21). The fourth-order valence-electron chi connectivity index (χ4n) is 2.13. The summed E-state index contributed by atoms with van der Waals surface area (Å²) in [5.41, 5.74) is 2.07. The van der Waals surface area contributed by atoms with Gasteiger partial charge < -0.3 is 10.1 Å². The maximum absolute atomic E-state index is 12.1. The molecule has 0 aliphatic rings. The van der Waals surface area contributed by atoms with Gasteiger partial charge in [-0.2, -0.15) is 0 Å². The van der Waals surface area contributed by atoms with Crippen molar-refractivity contribution < 1.29 is 14.3 Å². The molecule has 1 heterocycles. The minimum absolute atomic E-state index is 0.167. The zero-order valence-corrected chi connectivity index (χ0v) is 13.8. The first-order valence-corrected chi connectivity index (χ1v) is 8.23. The molecule has 0 saturated heterocycles. The van der Waals surface area contributed by atoms with E-state index in [0.29, 0.717) is 21.9 Å². The van der Waals surface area contributed by atoms with Crippen LogP contribution in [0.25, 0.3) is 0 Å². The maximum atomic E-state index is 12.1. The van der Waals surface area contributed by atoms with Gasteiger partial charge in [0.05, 0.1) is 10.4 Å². The first-order valence-electron chi connectivity index (χ1n) is 7.35. The lowest BCUT2D eigenvalue weighted by molar-refractivity contribution is 0.0734. The normalized spacial score (nSPS) is 10.2. The van der Waals surface area contributed by atoms with Gasteiger partial charge >= 0.3 is 5.97 Å². The highest BCUT2D eigenvalue weighted by Crippen LogP contribution is 2.17. The van der Waals surface area contributed by atoms with E-state index in [-0.39, 0.29) is 5.91 Å². The number of hydrogen-bond donors (Lipinski definition) is 1. The highest BCUT2D eigenvalue weighted by atomic mass is 32.1. The van der Waals surface area contributed by atoms with Gasteiger partial charge in [-0.05, 0) is 60.3 Å². The molecule has 5 heteroatoms. The molecule has 0 unspecified atom stereocenters. The lowest BCUT2D eigenvalue weighted by atomic mass is 10.2. The van der Waals surface area contributed by atoms with Gasteiger partial charge in [0.25, 0.3) is 5.91 Å². The summed E-state index contributed by atoms with van der Waals surface area (Å²) < 4.78 is 5.34. The van der Waals surface area contributed by atoms with Crippen molar-refractivity contribution in [3.63, 3.8) is 0 Å². The lowest BCUT2D eigenvalue weighted by Crippen LogP contribution is -2.11. The number of amides is 1. The second-order valence-corrected chi connectivity index (χ2v) is 6.16. The number of carbonyl (C=O) groups is 2. The van der Waals surface area contributed by atoms with Gasteiger partial charge in [0, 0.05) is 5.69 Å². The number of esters is 1. The summed E-state index contributed by atoms with van der Waals surface area (Å²) >= 11 is 1.37. The number of anilines is 1. The average molecular weight is 337 g/mol. The number of nitrogens with one attached hydrogen (secondary N) is 1. The summed E-state index contributed by atoms with van der Waals surface area (Å²) in [6.07, 6.45) is 0. The van der Waals surface area contributed by atoms with E-state index in [4.69, 9.17) is 4.74 Å². The van der Waals surface area contributed by atoms with Gasteiger partial charge in [-0.1, -0.05) is 18.2 Å². The third-order valence-electron chi connectivity index (χ3n) is 3.32. The molecule has 24 heavy (non-hydrogen) atoms. The minimum atomic E-state index is -0.434. The van der Waals surface area contributed by atoms with Gasteiger partial charge in [0.2, 0.25) is 0 Å². The van der Waals surface area contributed by atoms with Gasteiger partial charge in [-0.15, -0.1) is 11.3 Å². The molecule has 0 aliphatic carbocycles. The molecule has 120 valence electrons. The maximum Gasteiger partial charge on any atom is 0.343 e. The summed E-state index contributed by atoms with van der Waals surface area (Å²) in [5, 5.41) is 4.63. The van der Waals surface area contributed by atoms with Crippen molar-refractivity contribution in [2.45, 2.75) is 6.92 Å². The fraction of sp³-hybridized carbons (Fsp3) is 0.0526. The van der Waals surface area contributed by atoms with Crippen LogP contribution in [0.4, 0.5) is 5.69 Å². The van der Waals surface area contributed by atoms with Crippen molar-refractivity contribution in [1.82, 2.24) is 0 Å². The summed E-state index contributed by atoms with van der Waals surface area (Å²) in [7, 11) is 0. The van der Waals surface area contributed by atoms with Crippen LogP contribution in [0.15, 0.2) is 66.0 Å². The molecule has 3 rings (SSSR count). The van der Waals surface area contributed by atoms with E-state index in [9.17, 15) is 9.59 Å². The Labute approximate surface area is 143 Å². The Morgan fingerprint density at radius 1 is 1.00 bits per heavy atom. The first kappa shape index (κ1) is 16.0. The third kappa shape index (κ3) is 3.88. The van der Waals surface area contributed by atoms with Crippen molar-refractivity contribution >= 4 is 28.9 Å². The van der Waals surface area contributed by atoms with Crippen LogP contribution in [-0.4, -0.2) is 11.9 Å². The topological polar surface area (TPSA) is 55.4 Å². The average Bonchev–Trinajstić information content (AvgIpc) is 3.10. The molecular formula is C19H15NO3S. The molecule has 0 fully saturated rings. The van der Waals surface area contributed by atoms with Crippen LogP contribution in [0, 0.1) is 6.92 Å². The van der Waals surface area contributed by atoms with Crippen LogP contribution < -0.4 is 10.1 Å². The van der Waals surface area contributed by atoms with Crippen LogP contribution in [0.5, 0.6) is 5.75 Å². The van der Waals surface area contributed by atoms with Gasteiger partial charge in [0.1, 0.15) is 5.75 Å². The van der Waals surface area contributed by atoms with E-state index in [1.165, 1.54) is 11.3 Å². The molecule has 2 aromatic carbocycles. The summed E-state index contributed by atoms with van der Waals surface area (Å²) in [5.74, 6) is -0.0908. The molecule has 3 aromatic rings. The van der Waals surface area contributed by atoms with Crippen LogP contribution in [0.2, 0.25) is 0 Å². The van der Waals surface area contributed by atoms with E-state index < -0.39 is 5.97 Å². The van der Waals surface area contributed by atoms with E-state index in [1.54, 1.807) is 42.5 Å². The molecule has 0 atom stereocenters. The lowest BCUT2D eigenvalue weighted by Gasteiger charge is -2.07. The molecule has 1 N–H and O–H groups in total. The molecule has 0 saturated carbocycles. The zero-order valence-electron chi connectivity index (χ0n) is 13.0. The van der Waals surface area contributed by atoms with Crippen molar-refractivity contribution in [2.75, 3.05) is 5.32 Å². The quantitative estimate of drug-likeness (QED) is 0.562. The van der Waals surface area contributed by atoms with Gasteiger partial charge in [-0.25, -0.2) is 4.79 Å². The van der Waals surface area contributed by atoms with Crippen molar-refractivity contribution in [3.8, 4) is 5.75 Å². The van der Waals surface area contributed by atoms with Crippen LogP contribution >= 0.6 is 11.3 Å². The zero-order chi connectivity index (χ0) is 16.9. The highest BCUT2D eigenvalue weighted by Gasteiger charge is 2.10. The summed E-state index contributed by atoms with van der Waals surface area (Å²) in [6, 6.07) is 17.5. The molecule has 0 bridgehead atoms. The van der Waals surface area contributed by atoms with Crippen LogP contribution in [0.3, 0.4) is 0 Å². The second-order valence-electron chi connectivity index (χ2n) is 5.21. The predicted octanol–water partition coefficient (Wildman–Crippen LogP) is 4.53. The van der Waals surface area contributed by atoms with Crippen LogP contribution in [0.1, 0.15) is 25.6 Å². The summed E-state index contributed by atoms with van der Waals surface area (Å²) in [6.45, 7) is 1.93. The first-order chi connectivity index (χ1) is 11.6. The number of thiophene rings is 1. The van der Waals surface area contributed by atoms with E-state index in [1.807, 2.05) is 30.5 Å². The molecule has 0 aliphatic heterocycles. The van der Waals surface area contributed by atoms with Crippen molar-refractivity contribution in [1.29, 1.82) is 0 Å². The molecule has 1 amide bonds. The molecule has 4 nitrogen and oxygen atoms in total. The molecule has 0 spiro atoms. The Bertz CT molecular complexity index is 855. The smallest absolute Gasteiger partial charge is 0.343 e. The number of carbonyl (C=O) groups excluding carboxylic acids is 2. The Morgan fingerprint density at radius 2 is 1.79 bits per heavy atom. The van der Waals surface area contributed by atoms with E-state index in [0.717, 1.165) is 5.56 Å². The van der Waals surface area contributed by atoms with E-state index >= 15 is 0 Å². The number of rotatable bonds is 4. The molecule has 1 aromatic heterocycles. The molecular weight excluding hydrogens is 322 g/mol. The number of aryl methyl sites for hydroxylation is 1. The van der Waals surface area contributed by atoms with Gasteiger partial charge in [-0.3, -0.25) is 4.79 Å². The fourth-order valence-corrected chi connectivity index (χ4v) is 2.75. The largest absolute Gasteiger partial charge is 0.423 e. The molecule has 0 radical (unpaired) electrons. The monoisotopic (exact) mass is 337 g/mol. The van der Waals surface area contributed by atoms with Gasteiger partial charge in [0.15, 0.2) is 0 Å². The minimum Gasteiger partial charge on any atom is -0.423 e. The Morgan fingerprint density at radius 3 is 2.46 bits per heavy atom. The van der Waals surface area contributed by atoms with Crippen LogP contribution in [-0.2, 0) is 0 Å². The van der Waals surface area contributed by atoms with E-state index in [2.05, 4.69) is 5.32 Å². The summed E-state index contributed by atoms with van der Waals surface area (Å²) in [4.78, 5) is 24.7. The second kappa shape index (κ2) is 7.10. The third-order valence-corrected chi connectivity index (χ3v) is 4.19. The highest BCUT2D eigenvalue weighted by molar-refractivity contribution is 7.12. The van der Waals surface area contributed by atoms with Crippen molar-refractivity contribution in [3.05, 3.63) is 82.0 Å². The number of ether oxygens (including phenoxy) is 1. The Balaban J connectivity index is 1.65. The Hall–Kier alpha value is -2.92. The Kier molecular flexibility index (Phi) is 4.72. The number of benzene rings is 2. The SMILES string of the molecule is Cc1cccc(OC(=O)c2ccc(NC(=O)c3cccs3)cc2)c1. The van der Waals surface area contributed by atoms with Crippen molar-refractivity contribution in [2.24, 2.45) is 0 Å². The number of hydrogen-bond acceptors (Lipinski definition) is 4.